The van der Waals surface area contributed by atoms with Crippen LogP contribution in [-0.2, 0) is 10.3 Å². The van der Waals surface area contributed by atoms with Crippen LogP contribution in [0.25, 0.3) is 0 Å². The number of nitrogens with zero attached hydrogens (tertiary/aromatic N) is 1. The molecule has 1 N–H and O–H groups in total. The summed E-state index contributed by atoms with van der Waals surface area (Å²) in [5.74, 6) is -0.355. The largest absolute Gasteiger partial charge is 0.345 e. The number of amides is 1. The Labute approximate surface area is 75.0 Å². The first-order chi connectivity index (χ1) is 6.10. The summed E-state index contributed by atoms with van der Waals surface area (Å²) in [5.41, 5.74) is 0.304. The number of aromatic nitrogens is 1. The van der Waals surface area contributed by atoms with E-state index in [1.165, 1.54) is 6.07 Å². The Morgan fingerprint density at radius 2 is 2.31 bits per heavy atom. The lowest BCUT2D eigenvalue weighted by atomic mass is 9.86. The van der Waals surface area contributed by atoms with Crippen molar-refractivity contribution >= 4 is 5.91 Å². The quantitative estimate of drug-likeness (QED) is 0.654. The molecule has 0 aromatic carbocycles. The number of hydrogen-bond donors (Lipinski definition) is 1. The Morgan fingerprint density at radius 1 is 1.62 bits per heavy atom. The number of pyridine rings is 1. The third kappa shape index (κ3) is 1.28. The molecule has 0 saturated carbocycles. The Bertz CT molecular complexity index is 339. The SMILES string of the molecule is CC1(c2ccc(F)cn2)CC(=O)N1. The number of carbonyl (C=O) groups is 1. The van der Waals surface area contributed by atoms with Crippen molar-refractivity contribution in [3.63, 3.8) is 0 Å². The topological polar surface area (TPSA) is 42.0 Å². The van der Waals surface area contributed by atoms with E-state index in [2.05, 4.69) is 10.3 Å². The minimum Gasteiger partial charge on any atom is -0.345 e. The summed E-state index contributed by atoms with van der Waals surface area (Å²) < 4.78 is 12.5. The molecule has 1 aromatic rings. The molecule has 1 atom stereocenters. The third-order valence-corrected chi connectivity index (χ3v) is 2.22. The van der Waals surface area contributed by atoms with Gasteiger partial charge in [-0.25, -0.2) is 4.39 Å². The highest BCUT2D eigenvalue weighted by molar-refractivity contribution is 5.84. The van der Waals surface area contributed by atoms with Gasteiger partial charge in [0.2, 0.25) is 5.91 Å². The molecule has 1 unspecified atom stereocenters. The summed E-state index contributed by atoms with van der Waals surface area (Å²) in [6.07, 6.45) is 1.58. The average Bonchev–Trinajstić information content (AvgIpc) is 2.03. The molecule has 0 aliphatic carbocycles. The van der Waals surface area contributed by atoms with Gasteiger partial charge in [0.15, 0.2) is 0 Å². The van der Waals surface area contributed by atoms with Gasteiger partial charge in [-0.05, 0) is 19.1 Å². The lowest BCUT2D eigenvalue weighted by Crippen LogP contribution is -2.56. The Kier molecular flexibility index (Phi) is 1.58. The molecule has 68 valence electrons. The van der Waals surface area contributed by atoms with Crippen molar-refractivity contribution in [2.75, 3.05) is 0 Å². The van der Waals surface area contributed by atoms with Gasteiger partial charge < -0.3 is 5.32 Å². The molecular weight excluding hydrogens is 171 g/mol. The van der Waals surface area contributed by atoms with Crippen molar-refractivity contribution in [1.29, 1.82) is 0 Å². The van der Waals surface area contributed by atoms with E-state index < -0.39 is 5.54 Å². The lowest BCUT2D eigenvalue weighted by molar-refractivity contribution is -0.132. The number of hydrogen-bond acceptors (Lipinski definition) is 2. The van der Waals surface area contributed by atoms with E-state index in [4.69, 9.17) is 0 Å². The maximum atomic E-state index is 12.5. The van der Waals surface area contributed by atoms with Crippen LogP contribution in [0.1, 0.15) is 19.0 Å². The molecule has 4 heteroatoms. The molecule has 3 nitrogen and oxygen atoms in total. The monoisotopic (exact) mass is 180 g/mol. The van der Waals surface area contributed by atoms with Crippen LogP contribution in [0.2, 0.25) is 0 Å². The lowest BCUT2D eigenvalue weighted by Gasteiger charge is -2.38. The second-order valence-electron chi connectivity index (χ2n) is 3.42. The summed E-state index contributed by atoms with van der Waals surface area (Å²) >= 11 is 0. The third-order valence-electron chi connectivity index (χ3n) is 2.22. The van der Waals surface area contributed by atoms with E-state index in [9.17, 15) is 9.18 Å². The normalized spacial score (nSPS) is 26.5. The second kappa shape index (κ2) is 2.52. The number of halogens is 1. The smallest absolute Gasteiger partial charge is 0.223 e. The molecule has 1 aliphatic rings. The van der Waals surface area contributed by atoms with Crippen LogP contribution in [0.4, 0.5) is 4.39 Å². The molecule has 1 aromatic heterocycles. The van der Waals surface area contributed by atoms with Gasteiger partial charge in [-0.2, -0.15) is 0 Å². The fraction of sp³-hybridized carbons (Fsp3) is 0.333. The number of rotatable bonds is 1. The van der Waals surface area contributed by atoms with Crippen molar-refractivity contribution in [3.05, 3.63) is 29.8 Å². The minimum atomic E-state index is -0.398. The molecule has 13 heavy (non-hydrogen) atoms. The van der Waals surface area contributed by atoms with Crippen LogP contribution in [0.5, 0.6) is 0 Å². The number of carbonyl (C=O) groups excluding carboxylic acids is 1. The van der Waals surface area contributed by atoms with Gasteiger partial charge in [0.1, 0.15) is 5.82 Å². The van der Waals surface area contributed by atoms with E-state index in [1.54, 1.807) is 6.07 Å². The Hall–Kier alpha value is -1.45. The molecular formula is C9H9FN2O. The first-order valence-corrected chi connectivity index (χ1v) is 4.03. The van der Waals surface area contributed by atoms with Crippen molar-refractivity contribution < 1.29 is 9.18 Å². The fourth-order valence-electron chi connectivity index (χ4n) is 1.47. The molecule has 1 aliphatic heterocycles. The first-order valence-electron chi connectivity index (χ1n) is 4.03. The fourth-order valence-corrected chi connectivity index (χ4v) is 1.47. The van der Waals surface area contributed by atoms with Crippen LogP contribution < -0.4 is 5.32 Å². The van der Waals surface area contributed by atoms with Gasteiger partial charge in [0.25, 0.3) is 0 Å². The summed E-state index contributed by atoms with van der Waals surface area (Å²) in [7, 11) is 0. The van der Waals surface area contributed by atoms with E-state index in [-0.39, 0.29) is 11.7 Å². The highest BCUT2D eigenvalue weighted by Crippen LogP contribution is 2.29. The van der Waals surface area contributed by atoms with Crippen LogP contribution in [-0.4, -0.2) is 10.9 Å². The van der Waals surface area contributed by atoms with Crippen molar-refractivity contribution in [2.45, 2.75) is 18.9 Å². The Morgan fingerprint density at radius 3 is 2.77 bits per heavy atom. The van der Waals surface area contributed by atoms with Gasteiger partial charge in [0, 0.05) is 0 Å². The van der Waals surface area contributed by atoms with E-state index in [0.29, 0.717) is 12.1 Å². The first kappa shape index (κ1) is 8.16. The van der Waals surface area contributed by atoms with Crippen LogP contribution in [0, 0.1) is 5.82 Å². The summed E-state index contributed by atoms with van der Waals surface area (Å²) in [5, 5.41) is 2.73. The molecule has 0 radical (unpaired) electrons. The van der Waals surface area contributed by atoms with Crippen molar-refractivity contribution in [3.8, 4) is 0 Å². The van der Waals surface area contributed by atoms with Crippen LogP contribution >= 0.6 is 0 Å². The second-order valence-corrected chi connectivity index (χ2v) is 3.42. The van der Waals surface area contributed by atoms with Gasteiger partial charge in [-0.15, -0.1) is 0 Å². The van der Waals surface area contributed by atoms with E-state index in [1.807, 2.05) is 6.92 Å². The predicted octanol–water partition coefficient (Wildman–Crippen LogP) is 0.956. The highest BCUT2D eigenvalue weighted by atomic mass is 19.1. The van der Waals surface area contributed by atoms with Crippen LogP contribution in [0.15, 0.2) is 18.3 Å². The van der Waals surface area contributed by atoms with E-state index in [0.717, 1.165) is 6.20 Å². The summed E-state index contributed by atoms with van der Waals surface area (Å²) in [4.78, 5) is 14.7. The van der Waals surface area contributed by atoms with Crippen LogP contribution in [0.3, 0.4) is 0 Å². The summed E-state index contributed by atoms with van der Waals surface area (Å²) in [6, 6.07) is 2.94. The van der Waals surface area contributed by atoms with Gasteiger partial charge in [-0.3, -0.25) is 9.78 Å². The summed E-state index contributed by atoms with van der Waals surface area (Å²) in [6.45, 7) is 1.87. The van der Waals surface area contributed by atoms with E-state index >= 15 is 0 Å². The molecule has 1 amide bonds. The predicted molar refractivity (Wildman–Crippen MR) is 44.3 cm³/mol. The molecule has 2 heterocycles. The molecule has 0 bridgehead atoms. The number of nitrogens with one attached hydrogen (secondary N) is 1. The van der Waals surface area contributed by atoms with Gasteiger partial charge in [-0.1, -0.05) is 0 Å². The maximum absolute atomic E-state index is 12.5. The van der Waals surface area contributed by atoms with Crippen molar-refractivity contribution in [2.24, 2.45) is 0 Å². The zero-order valence-electron chi connectivity index (χ0n) is 7.17. The molecule has 2 rings (SSSR count). The standard InChI is InChI=1S/C9H9FN2O/c1-9(4-8(13)12-9)7-3-2-6(10)5-11-7/h2-3,5H,4H2,1H3,(H,12,13). The maximum Gasteiger partial charge on any atom is 0.223 e. The van der Waals surface area contributed by atoms with Gasteiger partial charge >= 0.3 is 0 Å². The van der Waals surface area contributed by atoms with Crippen molar-refractivity contribution in [1.82, 2.24) is 10.3 Å². The number of β-lactam (4-membered cyclic amide) rings is 1. The molecule has 1 saturated heterocycles. The minimum absolute atomic E-state index is 0.00799. The van der Waals surface area contributed by atoms with Gasteiger partial charge in [0.05, 0.1) is 23.9 Å². The molecule has 1 fully saturated rings. The Balaban J connectivity index is 2.26. The zero-order chi connectivity index (χ0) is 9.47. The highest BCUT2D eigenvalue weighted by Gasteiger charge is 2.40. The molecule has 0 spiro atoms. The zero-order valence-corrected chi connectivity index (χ0v) is 7.17. The average molecular weight is 180 g/mol.